The van der Waals surface area contributed by atoms with E-state index < -0.39 is 17.9 Å². The van der Waals surface area contributed by atoms with Crippen LogP contribution in [0.4, 0.5) is 24.9 Å². The number of hydrogen-bond donors (Lipinski definition) is 1. The number of carbonyl (C=O) groups excluding carboxylic acids is 1. The van der Waals surface area contributed by atoms with Crippen LogP contribution in [-0.4, -0.2) is 54.2 Å². The van der Waals surface area contributed by atoms with Crippen molar-refractivity contribution in [2.24, 2.45) is 4.99 Å². The molecule has 1 aromatic heterocycles. The summed E-state index contributed by atoms with van der Waals surface area (Å²) in [5.74, 6) is -0.170. The number of Topliss-reactive ketones (excluding diaryl/α,β-unsaturated/α-hetero) is 1. The molecule has 1 atom stereocenters. The van der Waals surface area contributed by atoms with Crippen LogP contribution in [0.2, 0.25) is 0 Å². The summed E-state index contributed by atoms with van der Waals surface area (Å²) >= 11 is 0. The number of ketones is 1. The maximum atomic E-state index is 13.5. The van der Waals surface area contributed by atoms with Crippen LogP contribution in [0.1, 0.15) is 22.3 Å². The van der Waals surface area contributed by atoms with Gasteiger partial charge < -0.3 is 19.4 Å². The van der Waals surface area contributed by atoms with Gasteiger partial charge in [-0.2, -0.15) is 13.2 Å². The number of morpholine rings is 1. The van der Waals surface area contributed by atoms with Crippen molar-refractivity contribution in [3.63, 3.8) is 0 Å². The number of hydrogen-bond acceptors (Lipinski definition) is 8. The number of nitrogens with one attached hydrogen (secondary N) is 1. The van der Waals surface area contributed by atoms with E-state index in [9.17, 15) is 18.0 Å². The molecule has 2 aliphatic rings. The number of carbonyl (C=O) groups is 1. The first kappa shape index (κ1) is 25.8. The number of ether oxygens (including phenoxy) is 1. The van der Waals surface area contributed by atoms with Crippen LogP contribution < -0.4 is 10.2 Å². The molecule has 1 fully saturated rings. The standard InChI is InChI=1S/C29H24F3N5O3/c30-29(31,32)20-10-11-22(23(17-20)37-12-14-39-15-13-37)27-35-36-28(40-27)34-26-24(38)16-19-8-4-5-9-21(19)25(33-26)18-6-2-1-3-7-18/h1-11,17,26H,12-16H2,(H,34,36)/t26-/m1/s1. The van der Waals surface area contributed by atoms with Crippen molar-refractivity contribution in [2.75, 3.05) is 36.5 Å². The van der Waals surface area contributed by atoms with Gasteiger partial charge in [0.25, 0.3) is 5.89 Å². The highest BCUT2D eigenvalue weighted by molar-refractivity contribution is 6.16. The molecule has 4 aromatic rings. The third-order valence-corrected chi connectivity index (χ3v) is 6.84. The highest BCUT2D eigenvalue weighted by Gasteiger charge is 2.33. The Morgan fingerprint density at radius 3 is 2.42 bits per heavy atom. The van der Waals surface area contributed by atoms with Gasteiger partial charge in [0.2, 0.25) is 0 Å². The van der Waals surface area contributed by atoms with E-state index in [-0.39, 0.29) is 24.1 Å². The van der Waals surface area contributed by atoms with E-state index >= 15 is 0 Å². The maximum absolute atomic E-state index is 13.5. The van der Waals surface area contributed by atoms with Crippen LogP contribution in [0.5, 0.6) is 0 Å². The first-order valence-corrected chi connectivity index (χ1v) is 12.8. The number of rotatable bonds is 5. The normalized spacial score (nSPS) is 17.7. The van der Waals surface area contributed by atoms with E-state index in [2.05, 4.69) is 15.5 Å². The fourth-order valence-electron chi connectivity index (χ4n) is 4.86. The van der Waals surface area contributed by atoms with Gasteiger partial charge in [-0.05, 0) is 23.8 Å². The monoisotopic (exact) mass is 547 g/mol. The van der Waals surface area contributed by atoms with Crippen LogP contribution in [0.15, 0.2) is 82.2 Å². The third-order valence-electron chi connectivity index (χ3n) is 6.84. The van der Waals surface area contributed by atoms with Crippen molar-refractivity contribution in [1.29, 1.82) is 0 Å². The quantitative estimate of drug-likeness (QED) is 0.376. The molecule has 11 heteroatoms. The van der Waals surface area contributed by atoms with E-state index in [1.54, 1.807) is 4.90 Å². The molecular formula is C29H24F3N5O3. The van der Waals surface area contributed by atoms with Crippen LogP contribution >= 0.6 is 0 Å². The molecule has 0 radical (unpaired) electrons. The minimum atomic E-state index is -4.51. The Labute approximate surface area is 227 Å². The van der Waals surface area contributed by atoms with Crippen molar-refractivity contribution >= 4 is 23.2 Å². The number of nitrogens with zero attached hydrogens (tertiary/aromatic N) is 4. The predicted octanol–water partition coefficient (Wildman–Crippen LogP) is 4.99. The first-order chi connectivity index (χ1) is 19.4. The second kappa shape index (κ2) is 10.6. The van der Waals surface area contributed by atoms with E-state index in [0.717, 1.165) is 28.8 Å². The number of anilines is 2. The zero-order valence-corrected chi connectivity index (χ0v) is 21.2. The molecule has 3 aromatic carbocycles. The van der Waals surface area contributed by atoms with Crippen LogP contribution in [0.3, 0.4) is 0 Å². The van der Waals surface area contributed by atoms with Gasteiger partial charge in [-0.25, -0.2) is 0 Å². The number of halogens is 3. The largest absolute Gasteiger partial charge is 0.416 e. The molecule has 0 spiro atoms. The Morgan fingerprint density at radius 2 is 1.65 bits per heavy atom. The van der Waals surface area contributed by atoms with Crippen molar-refractivity contribution < 1.29 is 27.1 Å². The van der Waals surface area contributed by atoms with Gasteiger partial charge in [-0.3, -0.25) is 9.79 Å². The van der Waals surface area contributed by atoms with Crippen molar-refractivity contribution in [1.82, 2.24) is 10.2 Å². The summed E-state index contributed by atoms with van der Waals surface area (Å²) in [4.78, 5) is 19.8. The molecule has 1 N–H and O–H groups in total. The second-order valence-electron chi connectivity index (χ2n) is 9.43. The molecule has 1 saturated heterocycles. The first-order valence-electron chi connectivity index (χ1n) is 12.8. The average molecular weight is 548 g/mol. The zero-order valence-electron chi connectivity index (χ0n) is 21.2. The zero-order chi connectivity index (χ0) is 27.7. The topological polar surface area (TPSA) is 92.9 Å². The molecule has 8 nitrogen and oxygen atoms in total. The van der Waals surface area contributed by atoms with Crippen molar-refractivity contribution in [3.05, 3.63) is 95.1 Å². The summed E-state index contributed by atoms with van der Waals surface area (Å²) in [5.41, 5.74) is 3.10. The SMILES string of the molecule is O=C1Cc2ccccc2C(c2ccccc2)=N[C@@H]1Nc1nnc(-c2ccc(C(F)(F)F)cc2N2CCOCC2)o1. The highest BCUT2D eigenvalue weighted by Crippen LogP contribution is 2.38. The Bertz CT molecular complexity index is 1560. The molecule has 40 heavy (non-hydrogen) atoms. The summed E-state index contributed by atoms with van der Waals surface area (Å²) in [5, 5.41) is 11.1. The third kappa shape index (κ3) is 5.20. The molecule has 0 unspecified atom stereocenters. The van der Waals surface area contributed by atoms with Crippen LogP contribution in [0, 0.1) is 0 Å². The van der Waals surface area contributed by atoms with Gasteiger partial charge in [0.05, 0.1) is 35.7 Å². The molecule has 0 bridgehead atoms. The number of fused-ring (bicyclic) bond motifs is 1. The van der Waals surface area contributed by atoms with Crippen molar-refractivity contribution in [2.45, 2.75) is 18.8 Å². The van der Waals surface area contributed by atoms with Crippen LogP contribution in [-0.2, 0) is 22.1 Å². The number of aromatic nitrogens is 2. The summed E-state index contributed by atoms with van der Waals surface area (Å²) in [6, 6.07) is 20.5. The lowest BCUT2D eigenvalue weighted by molar-refractivity contribution is -0.137. The molecular weight excluding hydrogens is 523 g/mol. The predicted molar refractivity (Wildman–Crippen MR) is 142 cm³/mol. The fraction of sp³-hybridized carbons (Fsp3) is 0.241. The lowest BCUT2D eigenvalue weighted by Crippen LogP contribution is -2.36. The van der Waals surface area contributed by atoms with Gasteiger partial charge in [-0.1, -0.05) is 59.7 Å². The minimum Gasteiger partial charge on any atom is -0.403 e. The Kier molecular flexibility index (Phi) is 6.81. The lowest BCUT2D eigenvalue weighted by Gasteiger charge is -2.30. The molecule has 2 aliphatic heterocycles. The molecule has 204 valence electrons. The lowest BCUT2D eigenvalue weighted by atomic mass is 9.96. The highest BCUT2D eigenvalue weighted by atomic mass is 19.4. The van der Waals surface area contributed by atoms with Crippen LogP contribution in [0.25, 0.3) is 11.5 Å². The molecule has 0 aliphatic carbocycles. The minimum absolute atomic E-state index is 0.0225. The average Bonchev–Trinajstić information content (AvgIpc) is 3.38. The molecule has 6 rings (SSSR count). The second-order valence-corrected chi connectivity index (χ2v) is 9.43. The Morgan fingerprint density at radius 1 is 0.900 bits per heavy atom. The molecule has 0 saturated carbocycles. The number of aliphatic imine (C=N–C) groups is 1. The van der Waals surface area contributed by atoms with Gasteiger partial charge >= 0.3 is 12.2 Å². The number of benzene rings is 3. The van der Waals surface area contributed by atoms with E-state index in [1.165, 1.54) is 6.07 Å². The van der Waals surface area contributed by atoms with Crippen molar-refractivity contribution in [3.8, 4) is 11.5 Å². The number of alkyl halides is 3. The van der Waals surface area contributed by atoms with Gasteiger partial charge in [0.1, 0.15) is 0 Å². The maximum Gasteiger partial charge on any atom is 0.416 e. The molecule has 3 heterocycles. The summed E-state index contributed by atoms with van der Waals surface area (Å²) in [6.45, 7) is 1.61. The summed E-state index contributed by atoms with van der Waals surface area (Å²) in [6.07, 6.45) is -5.37. The van der Waals surface area contributed by atoms with E-state index in [4.69, 9.17) is 14.1 Å². The van der Waals surface area contributed by atoms with Gasteiger partial charge in [0.15, 0.2) is 11.9 Å². The van der Waals surface area contributed by atoms with E-state index in [0.29, 0.717) is 43.3 Å². The Hall–Kier alpha value is -4.51. The fourth-order valence-corrected chi connectivity index (χ4v) is 4.86. The van der Waals surface area contributed by atoms with Gasteiger partial charge in [-0.15, -0.1) is 5.10 Å². The van der Waals surface area contributed by atoms with E-state index in [1.807, 2.05) is 54.6 Å². The van der Waals surface area contributed by atoms with Gasteiger partial charge in [0, 0.05) is 30.6 Å². The Balaban J connectivity index is 1.34. The summed E-state index contributed by atoms with van der Waals surface area (Å²) < 4.78 is 51.7. The molecule has 0 amide bonds. The summed E-state index contributed by atoms with van der Waals surface area (Å²) in [7, 11) is 0. The smallest absolute Gasteiger partial charge is 0.403 e.